The molecule has 1 N–H and O–H groups in total. The lowest BCUT2D eigenvalue weighted by molar-refractivity contribution is -0.385. The molecule has 126 valence electrons. The second kappa shape index (κ2) is 6.70. The Labute approximate surface area is 146 Å². The number of amides is 1. The van der Waals surface area contributed by atoms with Gasteiger partial charge in [-0.1, -0.05) is 0 Å². The number of fused-ring (bicyclic) bond motifs is 1. The molecule has 0 saturated heterocycles. The topological polar surface area (TPSA) is 90.7 Å². The van der Waals surface area contributed by atoms with E-state index < -0.39 is 4.92 Å². The predicted octanol–water partition coefficient (Wildman–Crippen LogP) is 3.71. The minimum Gasteiger partial charge on any atom is -0.486 e. The number of rotatable bonds is 4. The number of hydrogen-bond donors (Lipinski definition) is 1. The van der Waals surface area contributed by atoms with Crippen LogP contribution in [0.2, 0.25) is 0 Å². The molecule has 1 aliphatic rings. The Morgan fingerprint density at radius 2 is 1.96 bits per heavy atom. The van der Waals surface area contributed by atoms with Crippen molar-refractivity contribution in [3.63, 3.8) is 0 Å². The number of anilines is 1. The molecule has 7 nitrogen and oxygen atoms in total. The van der Waals surface area contributed by atoms with Crippen molar-refractivity contribution in [1.82, 2.24) is 0 Å². The van der Waals surface area contributed by atoms with E-state index in [1.807, 2.05) is 12.3 Å². The fraction of sp³-hybridized carbons (Fsp3) is 0.267. The van der Waals surface area contributed by atoms with Crippen LogP contribution in [0.4, 0.5) is 11.4 Å². The fourth-order valence-corrected chi connectivity index (χ4v) is 3.72. The fourth-order valence-electron chi connectivity index (χ4n) is 2.29. The van der Waals surface area contributed by atoms with Crippen LogP contribution in [0.3, 0.4) is 0 Å². The van der Waals surface area contributed by atoms with E-state index in [1.165, 1.54) is 17.8 Å². The second-order valence-electron chi connectivity index (χ2n) is 4.96. The van der Waals surface area contributed by atoms with Crippen LogP contribution in [0, 0.1) is 17.0 Å². The standard InChI is InChI=1S/C15H14N2O5S2/c1-8-10(17(19)20)6-14(24-8)15(18)16-9-5-11-12(7-13(9)23-2)22-4-3-21-11/h5-7H,3-4H2,1-2H3,(H,16,18). The van der Waals surface area contributed by atoms with Crippen molar-refractivity contribution in [2.75, 3.05) is 24.8 Å². The van der Waals surface area contributed by atoms with Gasteiger partial charge in [0.15, 0.2) is 11.5 Å². The number of benzene rings is 1. The molecule has 0 saturated carbocycles. The molecule has 0 spiro atoms. The molecule has 0 atom stereocenters. The minimum absolute atomic E-state index is 0.0441. The van der Waals surface area contributed by atoms with Gasteiger partial charge in [0.1, 0.15) is 13.2 Å². The summed E-state index contributed by atoms with van der Waals surface area (Å²) in [6.45, 7) is 2.57. The van der Waals surface area contributed by atoms with Gasteiger partial charge in [0.05, 0.1) is 20.4 Å². The first-order valence-electron chi connectivity index (χ1n) is 7.03. The number of nitrogens with zero attached hydrogens (tertiary/aromatic N) is 1. The first-order valence-corrected chi connectivity index (χ1v) is 9.07. The molecule has 2 heterocycles. The van der Waals surface area contributed by atoms with Gasteiger partial charge in [-0.3, -0.25) is 14.9 Å². The summed E-state index contributed by atoms with van der Waals surface area (Å²) in [5, 5.41) is 13.7. The maximum Gasteiger partial charge on any atom is 0.283 e. The van der Waals surface area contributed by atoms with Crippen molar-refractivity contribution < 1.29 is 19.2 Å². The van der Waals surface area contributed by atoms with E-state index in [-0.39, 0.29) is 11.6 Å². The lowest BCUT2D eigenvalue weighted by Gasteiger charge is -2.20. The number of thioether (sulfide) groups is 1. The Morgan fingerprint density at radius 1 is 1.29 bits per heavy atom. The van der Waals surface area contributed by atoms with Crippen LogP contribution in [-0.2, 0) is 0 Å². The van der Waals surface area contributed by atoms with Crippen LogP contribution >= 0.6 is 23.1 Å². The summed E-state index contributed by atoms with van der Waals surface area (Å²) >= 11 is 2.56. The number of nitro groups is 1. The molecule has 3 rings (SSSR count). The molecule has 1 aromatic heterocycles. The van der Waals surface area contributed by atoms with Gasteiger partial charge in [0.25, 0.3) is 11.6 Å². The van der Waals surface area contributed by atoms with Gasteiger partial charge in [0, 0.05) is 17.0 Å². The molecule has 0 radical (unpaired) electrons. The van der Waals surface area contributed by atoms with Crippen molar-refractivity contribution in [3.05, 3.63) is 38.1 Å². The molecule has 1 aliphatic heterocycles. The average Bonchev–Trinajstić information content (AvgIpc) is 2.96. The Balaban J connectivity index is 1.88. The van der Waals surface area contributed by atoms with Crippen molar-refractivity contribution in [2.45, 2.75) is 11.8 Å². The first-order chi connectivity index (χ1) is 11.5. The average molecular weight is 366 g/mol. The monoisotopic (exact) mass is 366 g/mol. The van der Waals surface area contributed by atoms with E-state index in [1.54, 1.807) is 13.0 Å². The molecule has 9 heteroatoms. The summed E-state index contributed by atoms with van der Waals surface area (Å²) in [5.74, 6) is 0.831. The Morgan fingerprint density at radius 3 is 2.54 bits per heavy atom. The predicted molar refractivity (Wildman–Crippen MR) is 92.9 cm³/mol. The number of aryl methyl sites for hydroxylation is 1. The van der Waals surface area contributed by atoms with Crippen LogP contribution < -0.4 is 14.8 Å². The summed E-state index contributed by atoms with van der Waals surface area (Å²) in [5.41, 5.74) is 0.544. The maximum atomic E-state index is 12.4. The zero-order valence-electron chi connectivity index (χ0n) is 13.0. The molecule has 2 aromatic rings. The molecule has 0 fully saturated rings. The van der Waals surface area contributed by atoms with Crippen LogP contribution in [0.1, 0.15) is 14.5 Å². The number of carbonyl (C=O) groups is 1. The lowest BCUT2D eigenvalue weighted by atomic mass is 10.2. The van der Waals surface area contributed by atoms with Crippen LogP contribution in [0.15, 0.2) is 23.1 Å². The van der Waals surface area contributed by atoms with Gasteiger partial charge < -0.3 is 14.8 Å². The van der Waals surface area contributed by atoms with E-state index in [0.29, 0.717) is 40.2 Å². The summed E-state index contributed by atoms with van der Waals surface area (Å²) < 4.78 is 11.1. The Hall–Kier alpha value is -2.26. The quantitative estimate of drug-likeness (QED) is 0.504. The van der Waals surface area contributed by atoms with Crippen molar-refractivity contribution in [3.8, 4) is 11.5 Å². The van der Waals surface area contributed by atoms with Crippen LogP contribution in [0.5, 0.6) is 11.5 Å². The first kappa shape index (κ1) is 16.6. The van der Waals surface area contributed by atoms with Gasteiger partial charge >= 0.3 is 0 Å². The van der Waals surface area contributed by atoms with Crippen LogP contribution in [-0.4, -0.2) is 30.3 Å². The molecule has 1 aromatic carbocycles. The van der Waals surface area contributed by atoms with Gasteiger partial charge in [-0.15, -0.1) is 23.1 Å². The minimum atomic E-state index is -0.486. The Kier molecular flexibility index (Phi) is 4.63. The zero-order valence-corrected chi connectivity index (χ0v) is 14.6. The van der Waals surface area contributed by atoms with Crippen molar-refractivity contribution >= 4 is 40.4 Å². The zero-order chi connectivity index (χ0) is 17.3. The summed E-state index contributed by atoms with van der Waals surface area (Å²) in [6.07, 6.45) is 1.89. The Bertz CT molecular complexity index is 818. The van der Waals surface area contributed by atoms with Gasteiger partial charge in [-0.05, 0) is 19.2 Å². The molecule has 1 amide bonds. The number of nitrogens with one attached hydrogen (secondary N) is 1. The summed E-state index contributed by atoms with van der Waals surface area (Å²) in [6, 6.07) is 4.83. The number of ether oxygens (including phenoxy) is 2. The third-order valence-corrected chi connectivity index (χ3v) is 5.24. The molecule has 0 unspecified atom stereocenters. The third-order valence-electron chi connectivity index (χ3n) is 3.42. The molecule has 24 heavy (non-hydrogen) atoms. The van der Waals surface area contributed by atoms with E-state index in [4.69, 9.17) is 9.47 Å². The third kappa shape index (κ3) is 3.17. The number of carbonyl (C=O) groups excluding carboxylic acids is 1. The molecule has 0 bridgehead atoms. The van der Waals surface area contributed by atoms with E-state index >= 15 is 0 Å². The highest BCUT2D eigenvalue weighted by Crippen LogP contribution is 2.39. The molecule has 0 aliphatic carbocycles. The van der Waals surface area contributed by atoms with Crippen LogP contribution in [0.25, 0.3) is 0 Å². The highest BCUT2D eigenvalue weighted by atomic mass is 32.2. The highest BCUT2D eigenvalue weighted by Gasteiger charge is 2.21. The number of hydrogen-bond acceptors (Lipinski definition) is 7. The molecular formula is C15H14N2O5S2. The smallest absolute Gasteiger partial charge is 0.283 e. The van der Waals surface area contributed by atoms with Gasteiger partial charge in [0.2, 0.25) is 0 Å². The maximum absolute atomic E-state index is 12.4. The SMILES string of the molecule is CSc1cc2c(cc1NC(=O)c1cc([N+](=O)[O-])c(C)s1)OCCO2. The summed E-state index contributed by atoms with van der Waals surface area (Å²) in [7, 11) is 0. The van der Waals surface area contributed by atoms with Crippen molar-refractivity contribution in [2.24, 2.45) is 0 Å². The molecular weight excluding hydrogens is 352 g/mol. The van der Waals surface area contributed by atoms with Crippen molar-refractivity contribution in [1.29, 1.82) is 0 Å². The van der Waals surface area contributed by atoms with Gasteiger partial charge in [-0.2, -0.15) is 0 Å². The second-order valence-corrected chi connectivity index (χ2v) is 7.06. The van der Waals surface area contributed by atoms with Gasteiger partial charge in [-0.25, -0.2) is 0 Å². The largest absolute Gasteiger partial charge is 0.486 e. The lowest BCUT2D eigenvalue weighted by Crippen LogP contribution is -2.16. The summed E-state index contributed by atoms with van der Waals surface area (Å²) in [4.78, 5) is 24.5. The van der Waals surface area contributed by atoms with E-state index in [9.17, 15) is 14.9 Å². The normalized spacial score (nSPS) is 12.8. The number of thiophene rings is 1. The van der Waals surface area contributed by atoms with E-state index in [0.717, 1.165) is 16.2 Å². The highest BCUT2D eigenvalue weighted by molar-refractivity contribution is 7.98. The van der Waals surface area contributed by atoms with E-state index in [2.05, 4.69) is 5.32 Å².